The Balaban J connectivity index is 1.32. The maximum absolute atomic E-state index is 13.0. The van der Waals surface area contributed by atoms with Crippen LogP contribution in [-0.2, 0) is 12.5 Å². The fraction of sp³-hybridized carbons (Fsp3) is 0.379. The number of ether oxygens (including phenoxy) is 1. The lowest BCUT2D eigenvalue weighted by Crippen LogP contribution is -2.28. The lowest BCUT2D eigenvalue weighted by atomic mass is 9.97. The molecule has 0 aliphatic carbocycles. The van der Waals surface area contributed by atoms with Gasteiger partial charge in [-0.25, -0.2) is 9.97 Å². The zero-order valence-corrected chi connectivity index (χ0v) is 23.5. The number of imidazole rings is 1. The van der Waals surface area contributed by atoms with E-state index in [1.54, 1.807) is 6.20 Å². The van der Waals surface area contributed by atoms with Crippen LogP contribution in [0.15, 0.2) is 34.9 Å². The van der Waals surface area contributed by atoms with Crippen molar-refractivity contribution in [3.8, 4) is 28.3 Å². The smallest absolute Gasteiger partial charge is 0.309 e. The van der Waals surface area contributed by atoms with Crippen LogP contribution in [0.2, 0.25) is 0 Å². The van der Waals surface area contributed by atoms with E-state index in [0.29, 0.717) is 18.1 Å². The highest BCUT2D eigenvalue weighted by Crippen LogP contribution is 2.37. The molecule has 11 nitrogen and oxygen atoms in total. The molecule has 0 bridgehead atoms. The minimum Gasteiger partial charge on any atom is -0.493 e. The normalized spacial score (nSPS) is 15.5. The van der Waals surface area contributed by atoms with Gasteiger partial charge in [0.25, 0.3) is 0 Å². The van der Waals surface area contributed by atoms with E-state index >= 15 is 0 Å². The molecule has 2 N–H and O–H groups in total. The molecule has 5 aromatic rings. The molecule has 0 fully saturated rings. The third kappa shape index (κ3) is 4.51. The first-order valence-electron chi connectivity index (χ1n) is 13.4. The molecule has 40 heavy (non-hydrogen) atoms. The van der Waals surface area contributed by atoms with E-state index in [1.807, 2.05) is 70.6 Å². The van der Waals surface area contributed by atoms with Crippen molar-refractivity contribution in [1.29, 1.82) is 0 Å². The molecule has 1 aromatic carbocycles. The summed E-state index contributed by atoms with van der Waals surface area (Å²) in [4.78, 5) is 25.8. The average molecular weight is 541 g/mol. The van der Waals surface area contributed by atoms with Gasteiger partial charge in [0.05, 0.1) is 29.4 Å². The molecular formula is C29H32N8O3. The fourth-order valence-corrected chi connectivity index (χ4v) is 5.11. The lowest BCUT2D eigenvalue weighted by molar-refractivity contribution is 0.0896. The number of H-pyrrole nitrogens is 1. The predicted octanol–water partition coefficient (Wildman–Crippen LogP) is 4.97. The minimum atomic E-state index is -0.397. The molecule has 0 radical (unpaired) electrons. The van der Waals surface area contributed by atoms with Crippen molar-refractivity contribution < 1.29 is 13.9 Å². The van der Waals surface area contributed by atoms with Crippen LogP contribution < -0.4 is 10.1 Å². The summed E-state index contributed by atoms with van der Waals surface area (Å²) in [5.74, 6) is 1.45. The molecule has 11 heteroatoms. The molecule has 6 rings (SSSR count). The zero-order valence-electron chi connectivity index (χ0n) is 23.5. The van der Waals surface area contributed by atoms with Crippen molar-refractivity contribution in [3.63, 3.8) is 0 Å². The monoisotopic (exact) mass is 540 g/mol. The van der Waals surface area contributed by atoms with Crippen LogP contribution in [0, 0.1) is 13.8 Å². The molecule has 4 aromatic heterocycles. The van der Waals surface area contributed by atoms with E-state index in [0.717, 1.165) is 63.6 Å². The van der Waals surface area contributed by atoms with Gasteiger partial charge in [-0.3, -0.25) is 9.48 Å². The average Bonchev–Trinajstić information content (AvgIpc) is 3.59. The van der Waals surface area contributed by atoms with Crippen molar-refractivity contribution >= 4 is 17.1 Å². The molecule has 0 saturated carbocycles. The minimum absolute atomic E-state index is 0.0402. The molecule has 1 atom stereocenters. The largest absolute Gasteiger partial charge is 0.493 e. The van der Waals surface area contributed by atoms with E-state index in [4.69, 9.17) is 14.1 Å². The van der Waals surface area contributed by atoms with Crippen LogP contribution in [0.25, 0.3) is 33.7 Å². The highest BCUT2D eigenvalue weighted by molar-refractivity contribution is 5.92. The number of aryl methyl sites for hydroxylation is 2. The number of aromatic nitrogens is 7. The van der Waals surface area contributed by atoms with Gasteiger partial charge in [-0.05, 0) is 44.4 Å². The van der Waals surface area contributed by atoms with Gasteiger partial charge in [-0.1, -0.05) is 32.9 Å². The van der Waals surface area contributed by atoms with Gasteiger partial charge in [0.15, 0.2) is 5.65 Å². The third-order valence-electron chi connectivity index (χ3n) is 7.30. The summed E-state index contributed by atoms with van der Waals surface area (Å²) in [6.07, 6.45) is 3.28. The topological polar surface area (TPSA) is 137 Å². The Bertz CT molecular complexity index is 1740. The first-order valence-corrected chi connectivity index (χ1v) is 13.4. The molecule has 5 heterocycles. The Morgan fingerprint density at radius 2 is 2.00 bits per heavy atom. The van der Waals surface area contributed by atoms with Gasteiger partial charge >= 0.3 is 11.8 Å². The Labute approximate surface area is 231 Å². The lowest BCUT2D eigenvalue weighted by Gasteiger charge is -2.18. The molecule has 0 saturated heterocycles. The van der Waals surface area contributed by atoms with Crippen LogP contribution in [0.1, 0.15) is 73.2 Å². The number of hydrogen-bond acceptors (Lipinski definition) is 8. The maximum atomic E-state index is 13.0. The molecule has 1 aliphatic heterocycles. The van der Waals surface area contributed by atoms with Crippen molar-refractivity contribution in [1.82, 2.24) is 40.2 Å². The van der Waals surface area contributed by atoms with Crippen LogP contribution in [-0.4, -0.2) is 47.4 Å². The summed E-state index contributed by atoms with van der Waals surface area (Å²) in [6.45, 7) is 10.4. The second kappa shape index (κ2) is 9.58. The van der Waals surface area contributed by atoms with E-state index in [-0.39, 0.29) is 17.3 Å². The molecule has 206 valence electrons. The summed E-state index contributed by atoms with van der Waals surface area (Å²) in [5.41, 5.74) is 6.86. The van der Waals surface area contributed by atoms with Crippen molar-refractivity contribution in [2.45, 2.75) is 58.9 Å². The SMILES string of the molecule is Cc1nn(C)c(C)c1-c1nc2nccc(-c3ccc4c(c3)OCCC[C@H]4NC(=O)c3nnc(C(C)(C)C)o3)c2[nH]1. The molecule has 0 spiro atoms. The standard InChI is InChI=1S/C29H32N8O3/c1-15-22(16(2)37(6)36-15)24-32-23-18(11-12-30-25(23)33-24)17-9-10-19-20(8-7-13-39-21(19)14-17)31-26(38)27-34-35-28(40-27)29(3,4)5/h9-12,14,20H,7-8,13H2,1-6H3,(H,31,38)(H,30,32,33)/t20-/m1/s1. The summed E-state index contributed by atoms with van der Waals surface area (Å²) >= 11 is 0. The molecule has 0 unspecified atom stereocenters. The van der Waals surface area contributed by atoms with E-state index in [1.165, 1.54) is 0 Å². The second-order valence-electron chi connectivity index (χ2n) is 11.2. The quantitative estimate of drug-likeness (QED) is 0.326. The number of pyridine rings is 1. The first-order chi connectivity index (χ1) is 19.1. The fourth-order valence-electron chi connectivity index (χ4n) is 5.11. The highest BCUT2D eigenvalue weighted by Gasteiger charge is 2.28. The second-order valence-corrected chi connectivity index (χ2v) is 11.2. The van der Waals surface area contributed by atoms with Crippen LogP contribution in [0.3, 0.4) is 0 Å². The number of benzene rings is 1. The van der Waals surface area contributed by atoms with Gasteiger partial charge in [0, 0.05) is 35.5 Å². The predicted molar refractivity (Wildman–Crippen MR) is 149 cm³/mol. The van der Waals surface area contributed by atoms with Gasteiger partial charge in [-0.15, -0.1) is 10.2 Å². The van der Waals surface area contributed by atoms with Gasteiger partial charge in [0.2, 0.25) is 5.89 Å². The first kappa shape index (κ1) is 25.7. The number of fused-ring (bicyclic) bond motifs is 2. The summed E-state index contributed by atoms with van der Waals surface area (Å²) in [5, 5.41) is 15.6. The zero-order chi connectivity index (χ0) is 28.2. The van der Waals surface area contributed by atoms with Crippen molar-refractivity contribution in [2.75, 3.05) is 6.61 Å². The number of nitrogens with one attached hydrogen (secondary N) is 2. The number of nitrogens with zero attached hydrogens (tertiary/aromatic N) is 6. The number of rotatable bonds is 4. The van der Waals surface area contributed by atoms with Crippen LogP contribution in [0.5, 0.6) is 5.75 Å². The van der Waals surface area contributed by atoms with Crippen molar-refractivity contribution in [2.24, 2.45) is 7.05 Å². The number of hydrogen-bond donors (Lipinski definition) is 2. The number of aromatic amines is 1. The van der Waals surface area contributed by atoms with Gasteiger partial charge < -0.3 is 19.5 Å². The van der Waals surface area contributed by atoms with Gasteiger partial charge in [-0.2, -0.15) is 5.10 Å². The Morgan fingerprint density at radius 1 is 1.18 bits per heavy atom. The van der Waals surface area contributed by atoms with E-state index < -0.39 is 5.91 Å². The van der Waals surface area contributed by atoms with Crippen LogP contribution >= 0.6 is 0 Å². The Hall–Kier alpha value is -4.54. The van der Waals surface area contributed by atoms with Crippen LogP contribution in [0.4, 0.5) is 0 Å². The molecule has 1 amide bonds. The van der Waals surface area contributed by atoms with E-state index in [2.05, 4.69) is 30.6 Å². The highest BCUT2D eigenvalue weighted by atomic mass is 16.5. The maximum Gasteiger partial charge on any atom is 0.309 e. The number of carbonyl (C=O) groups is 1. The number of amides is 1. The van der Waals surface area contributed by atoms with Gasteiger partial charge in [0.1, 0.15) is 11.6 Å². The number of carbonyl (C=O) groups excluding carboxylic acids is 1. The Morgan fingerprint density at radius 3 is 2.73 bits per heavy atom. The summed E-state index contributed by atoms with van der Waals surface area (Å²) in [7, 11) is 1.93. The molecule has 1 aliphatic rings. The Kier molecular flexibility index (Phi) is 6.16. The third-order valence-corrected chi connectivity index (χ3v) is 7.30. The summed E-state index contributed by atoms with van der Waals surface area (Å²) in [6, 6.07) is 7.77. The molecular weight excluding hydrogens is 508 g/mol. The van der Waals surface area contributed by atoms with Crippen molar-refractivity contribution in [3.05, 3.63) is 59.2 Å². The van der Waals surface area contributed by atoms with E-state index in [9.17, 15) is 4.79 Å². The summed E-state index contributed by atoms with van der Waals surface area (Å²) < 4.78 is 13.6.